The third-order valence-corrected chi connectivity index (χ3v) is 3.31. The molecule has 1 aromatic heterocycles. The molecule has 0 radical (unpaired) electrons. The van der Waals surface area contributed by atoms with E-state index in [9.17, 15) is 4.79 Å². The lowest BCUT2D eigenvalue weighted by molar-refractivity contribution is 0.306. The van der Waals surface area contributed by atoms with Crippen LogP contribution in [0.2, 0.25) is 0 Å². The second kappa shape index (κ2) is 7.03. The van der Waals surface area contributed by atoms with Gasteiger partial charge in [-0.1, -0.05) is 39.0 Å². The molecular weight excluding hydrogens is 256 g/mol. The number of oxazole rings is 1. The normalized spacial score (nSPS) is 11.1. The van der Waals surface area contributed by atoms with Gasteiger partial charge in [0, 0.05) is 12.1 Å². The standard InChI is InChI=1S/C15H22N2O3/c1-2-3-4-5-6-7-8-19-13-10-12-14(9-11(13)16)20-15(18)17-12/h9-10H,2-8,16H2,1H3,(H,17,18). The number of unbranched alkanes of at least 4 members (excludes halogenated alkanes) is 5. The highest BCUT2D eigenvalue weighted by Gasteiger charge is 2.07. The van der Waals surface area contributed by atoms with Crippen molar-refractivity contribution in [3.63, 3.8) is 0 Å². The van der Waals surface area contributed by atoms with Crippen molar-refractivity contribution in [3.05, 3.63) is 22.7 Å². The summed E-state index contributed by atoms with van der Waals surface area (Å²) in [6.45, 7) is 2.85. The predicted octanol–water partition coefficient (Wildman–Crippen LogP) is 3.44. The average Bonchev–Trinajstić information content (AvgIpc) is 2.77. The van der Waals surface area contributed by atoms with E-state index < -0.39 is 5.76 Å². The molecule has 0 unspecified atom stereocenters. The molecule has 0 amide bonds. The van der Waals surface area contributed by atoms with Crippen molar-refractivity contribution in [2.75, 3.05) is 12.3 Å². The van der Waals surface area contributed by atoms with Crippen LogP contribution < -0.4 is 16.2 Å². The van der Waals surface area contributed by atoms with Crippen LogP contribution in [0, 0.1) is 0 Å². The van der Waals surface area contributed by atoms with E-state index >= 15 is 0 Å². The lowest BCUT2D eigenvalue weighted by atomic mass is 10.1. The minimum absolute atomic E-state index is 0.458. The van der Waals surface area contributed by atoms with Crippen molar-refractivity contribution in [3.8, 4) is 5.75 Å². The Bertz CT molecular complexity index is 601. The van der Waals surface area contributed by atoms with Gasteiger partial charge in [0.05, 0.1) is 17.8 Å². The molecule has 0 aliphatic rings. The maximum Gasteiger partial charge on any atom is 0.417 e. The SMILES string of the molecule is CCCCCCCCOc1cc2[nH]c(=O)oc2cc1N. The summed E-state index contributed by atoms with van der Waals surface area (Å²) in [5, 5.41) is 0. The molecule has 0 bridgehead atoms. The number of nitrogens with two attached hydrogens (primary N) is 1. The van der Waals surface area contributed by atoms with Crippen LogP contribution in [0.4, 0.5) is 5.69 Å². The molecule has 0 spiro atoms. The molecule has 5 heteroatoms. The minimum Gasteiger partial charge on any atom is -0.491 e. The molecule has 2 aromatic rings. The van der Waals surface area contributed by atoms with E-state index in [0.717, 1.165) is 6.42 Å². The van der Waals surface area contributed by atoms with Gasteiger partial charge in [-0.15, -0.1) is 0 Å². The summed E-state index contributed by atoms with van der Waals surface area (Å²) in [7, 11) is 0. The largest absolute Gasteiger partial charge is 0.491 e. The van der Waals surface area contributed by atoms with E-state index in [1.807, 2.05) is 0 Å². The Labute approximate surface area is 118 Å². The maximum absolute atomic E-state index is 11.1. The Kier molecular flexibility index (Phi) is 5.09. The van der Waals surface area contributed by atoms with Crippen molar-refractivity contribution in [1.82, 2.24) is 4.98 Å². The lowest BCUT2D eigenvalue weighted by Crippen LogP contribution is -2.00. The van der Waals surface area contributed by atoms with Gasteiger partial charge in [-0.25, -0.2) is 4.79 Å². The van der Waals surface area contributed by atoms with Gasteiger partial charge >= 0.3 is 5.76 Å². The molecule has 1 aromatic carbocycles. The molecule has 0 saturated carbocycles. The molecule has 0 atom stereocenters. The van der Waals surface area contributed by atoms with Gasteiger partial charge in [-0.2, -0.15) is 0 Å². The molecule has 0 aliphatic heterocycles. The quantitative estimate of drug-likeness (QED) is 0.572. The Morgan fingerprint density at radius 1 is 1.20 bits per heavy atom. The van der Waals surface area contributed by atoms with E-state index in [4.69, 9.17) is 14.9 Å². The maximum atomic E-state index is 11.1. The highest BCUT2D eigenvalue weighted by Crippen LogP contribution is 2.26. The van der Waals surface area contributed by atoms with Crippen LogP contribution in [0.1, 0.15) is 45.4 Å². The zero-order valence-electron chi connectivity index (χ0n) is 11.9. The van der Waals surface area contributed by atoms with Gasteiger partial charge in [0.15, 0.2) is 5.58 Å². The first kappa shape index (κ1) is 14.5. The van der Waals surface area contributed by atoms with Crippen molar-refractivity contribution in [2.45, 2.75) is 45.4 Å². The van der Waals surface area contributed by atoms with Crippen LogP contribution in [-0.4, -0.2) is 11.6 Å². The van der Waals surface area contributed by atoms with E-state index in [0.29, 0.717) is 29.1 Å². The molecule has 2 rings (SSSR count). The first-order valence-corrected chi connectivity index (χ1v) is 7.26. The molecule has 5 nitrogen and oxygen atoms in total. The summed E-state index contributed by atoms with van der Waals surface area (Å²) in [5.74, 6) is 0.121. The number of aromatic amines is 1. The zero-order chi connectivity index (χ0) is 14.4. The van der Waals surface area contributed by atoms with Gasteiger partial charge in [0.2, 0.25) is 0 Å². The van der Waals surface area contributed by atoms with Crippen molar-refractivity contribution >= 4 is 16.8 Å². The molecule has 0 saturated heterocycles. The number of rotatable bonds is 8. The van der Waals surface area contributed by atoms with Crippen LogP contribution in [0.15, 0.2) is 21.3 Å². The molecule has 3 N–H and O–H groups in total. The molecular formula is C15H22N2O3. The summed E-state index contributed by atoms with van der Waals surface area (Å²) in [4.78, 5) is 13.7. The fourth-order valence-electron chi connectivity index (χ4n) is 2.18. The second-order valence-corrected chi connectivity index (χ2v) is 5.02. The monoisotopic (exact) mass is 278 g/mol. The van der Waals surface area contributed by atoms with Crippen LogP contribution in [0.25, 0.3) is 11.1 Å². The number of hydrogen-bond donors (Lipinski definition) is 2. The summed E-state index contributed by atoms with van der Waals surface area (Å²) < 4.78 is 10.6. The van der Waals surface area contributed by atoms with E-state index in [1.54, 1.807) is 12.1 Å². The zero-order valence-corrected chi connectivity index (χ0v) is 11.9. The average molecular weight is 278 g/mol. The summed E-state index contributed by atoms with van der Waals surface area (Å²) in [6, 6.07) is 3.33. The fourth-order valence-corrected chi connectivity index (χ4v) is 2.18. The van der Waals surface area contributed by atoms with Crippen molar-refractivity contribution in [1.29, 1.82) is 0 Å². The number of nitrogen functional groups attached to an aromatic ring is 1. The number of anilines is 1. The summed E-state index contributed by atoms with van der Waals surface area (Å²) in [6.07, 6.45) is 7.30. The smallest absolute Gasteiger partial charge is 0.417 e. The topological polar surface area (TPSA) is 81.2 Å². The predicted molar refractivity (Wildman–Crippen MR) is 80.1 cm³/mol. The van der Waals surface area contributed by atoms with Gasteiger partial charge in [-0.05, 0) is 6.42 Å². The van der Waals surface area contributed by atoms with Gasteiger partial charge in [0.1, 0.15) is 5.75 Å². The fraction of sp³-hybridized carbons (Fsp3) is 0.533. The molecule has 1 heterocycles. The molecule has 0 fully saturated rings. The number of hydrogen-bond acceptors (Lipinski definition) is 4. The minimum atomic E-state index is -0.479. The van der Waals surface area contributed by atoms with Crippen LogP contribution in [0.5, 0.6) is 5.75 Å². The van der Waals surface area contributed by atoms with Gasteiger partial charge in [-0.3, -0.25) is 4.98 Å². The highest BCUT2D eigenvalue weighted by molar-refractivity contribution is 5.80. The van der Waals surface area contributed by atoms with Crippen LogP contribution in [-0.2, 0) is 0 Å². The van der Waals surface area contributed by atoms with Gasteiger partial charge in [0.25, 0.3) is 0 Å². The van der Waals surface area contributed by atoms with Crippen molar-refractivity contribution in [2.24, 2.45) is 0 Å². The number of aromatic nitrogens is 1. The van der Waals surface area contributed by atoms with E-state index in [2.05, 4.69) is 11.9 Å². The van der Waals surface area contributed by atoms with Crippen LogP contribution in [0.3, 0.4) is 0 Å². The Balaban J connectivity index is 1.83. The number of fused-ring (bicyclic) bond motifs is 1. The summed E-state index contributed by atoms with van der Waals surface area (Å²) >= 11 is 0. The lowest BCUT2D eigenvalue weighted by Gasteiger charge is -2.08. The first-order valence-electron chi connectivity index (χ1n) is 7.26. The molecule has 0 aliphatic carbocycles. The number of nitrogens with one attached hydrogen (secondary N) is 1. The molecule has 20 heavy (non-hydrogen) atoms. The van der Waals surface area contributed by atoms with E-state index in [1.165, 1.54) is 32.1 Å². The third-order valence-electron chi connectivity index (χ3n) is 3.31. The Hall–Kier alpha value is -1.91. The van der Waals surface area contributed by atoms with Crippen molar-refractivity contribution < 1.29 is 9.15 Å². The third kappa shape index (κ3) is 3.79. The second-order valence-electron chi connectivity index (χ2n) is 5.02. The number of benzene rings is 1. The first-order chi connectivity index (χ1) is 9.70. The highest BCUT2D eigenvalue weighted by atomic mass is 16.5. The molecule has 110 valence electrons. The van der Waals surface area contributed by atoms with Crippen LogP contribution >= 0.6 is 0 Å². The van der Waals surface area contributed by atoms with E-state index in [-0.39, 0.29) is 0 Å². The Morgan fingerprint density at radius 3 is 2.75 bits per heavy atom. The number of H-pyrrole nitrogens is 1. The summed E-state index contributed by atoms with van der Waals surface area (Å²) in [5.41, 5.74) is 7.44. The Morgan fingerprint density at radius 2 is 1.95 bits per heavy atom. The number of ether oxygens (including phenoxy) is 1. The van der Waals surface area contributed by atoms with Gasteiger partial charge < -0.3 is 14.9 Å².